The van der Waals surface area contributed by atoms with Gasteiger partial charge in [-0.05, 0) is 52.3 Å². The van der Waals surface area contributed by atoms with Gasteiger partial charge in [-0.25, -0.2) is 0 Å². The molecule has 4 heteroatoms. The lowest BCUT2D eigenvalue weighted by atomic mass is 10.2. The average Bonchev–Trinajstić information content (AvgIpc) is 2.73. The molecule has 90 valence electrons. The normalized spacial score (nSPS) is 10.3. The molecule has 0 saturated carbocycles. The lowest BCUT2D eigenvalue weighted by Gasteiger charge is -2.13. The van der Waals surface area contributed by atoms with Gasteiger partial charge in [0.25, 0.3) is 0 Å². The van der Waals surface area contributed by atoms with Gasteiger partial charge >= 0.3 is 0 Å². The predicted molar refractivity (Wildman–Crippen MR) is 74.5 cm³/mol. The molecule has 0 fully saturated rings. The Labute approximate surface area is 110 Å². The van der Waals surface area contributed by atoms with Crippen molar-refractivity contribution < 1.29 is 4.42 Å². The number of nitrogens with one attached hydrogen (secondary N) is 1. The Hall–Kier alpha value is -1.42. The molecule has 1 aromatic heterocycles. The Kier molecular flexibility index (Phi) is 3.74. The highest BCUT2D eigenvalue weighted by atomic mass is 79.9. The van der Waals surface area contributed by atoms with Gasteiger partial charge in [0.05, 0.1) is 6.54 Å². The Morgan fingerprint density at radius 2 is 1.82 bits per heavy atom. The van der Waals surface area contributed by atoms with E-state index in [-0.39, 0.29) is 0 Å². The smallest absolute Gasteiger partial charge is 0.169 e. The van der Waals surface area contributed by atoms with Crippen molar-refractivity contribution in [2.45, 2.75) is 6.54 Å². The maximum absolute atomic E-state index is 5.41. The van der Waals surface area contributed by atoms with Crippen LogP contribution in [0.1, 0.15) is 5.76 Å². The molecule has 0 unspecified atom stereocenters. The highest BCUT2D eigenvalue weighted by Gasteiger charge is 2.00. The zero-order valence-corrected chi connectivity index (χ0v) is 11.5. The third-order valence-electron chi connectivity index (χ3n) is 2.48. The van der Waals surface area contributed by atoms with E-state index in [0.29, 0.717) is 6.54 Å². The molecule has 0 amide bonds. The fraction of sp³-hybridized carbons (Fsp3) is 0.231. The number of rotatable bonds is 4. The zero-order valence-electron chi connectivity index (χ0n) is 9.90. The van der Waals surface area contributed by atoms with Crippen molar-refractivity contribution in [2.24, 2.45) is 0 Å². The minimum absolute atomic E-state index is 0.687. The summed E-state index contributed by atoms with van der Waals surface area (Å²) in [5, 5.41) is 3.31. The molecule has 0 aliphatic heterocycles. The number of hydrogen-bond donors (Lipinski definition) is 1. The van der Waals surface area contributed by atoms with E-state index in [2.05, 4.69) is 50.4 Å². The van der Waals surface area contributed by atoms with Crippen LogP contribution in [0.4, 0.5) is 11.4 Å². The quantitative estimate of drug-likeness (QED) is 0.932. The summed E-state index contributed by atoms with van der Waals surface area (Å²) in [5.74, 6) is 0.911. The Balaban J connectivity index is 1.95. The third-order valence-corrected chi connectivity index (χ3v) is 2.91. The molecule has 0 atom stereocenters. The van der Waals surface area contributed by atoms with Crippen molar-refractivity contribution in [3.63, 3.8) is 0 Å². The second-order valence-electron chi connectivity index (χ2n) is 4.00. The third kappa shape index (κ3) is 3.27. The SMILES string of the molecule is CN(C)c1ccc(NCc2ccc(Br)o2)cc1. The van der Waals surface area contributed by atoms with E-state index in [0.717, 1.165) is 16.1 Å². The summed E-state index contributed by atoms with van der Waals surface area (Å²) in [4.78, 5) is 2.08. The number of hydrogen-bond acceptors (Lipinski definition) is 3. The Bertz CT molecular complexity index is 476. The molecule has 0 aliphatic rings. The van der Waals surface area contributed by atoms with Crippen molar-refractivity contribution >= 4 is 27.3 Å². The van der Waals surface area contributed by atoms with Crippen molar-refractivity contribution in [1.82, 2.24) is 0 Å². The molecular formula is C13H15BrN2O. The maximum Gasteiger partial charge on any atom is 0.169 e. The summed E-state index contributed by atoms with van der Waals surface area (Å²) in [6.07, 6.45) is 0. The van der Waals surface area contributed by atoms with Crippen molar-refractivity contribution in [3.05, 3.63) is 46.8 Å². The van der Waals surface area contributed by atoms with Gasteiger partial charge < -0.3 is 14.6 Å². The van der Waals surface area contributed by atoms with E-state index in [1.807, 2.05) is 26.2 Å². The summed E-state index contributed by atoms with van der Waals surface area (Å²) >= 11 is 3.28. The molecule has 0 radical (unpaired) electrons. The highest BCUT2D eigenvalue weighted by Crippen LogP contribution is 2.18. The monoisotopic (exact) mass is 294 g/mol. The fourth-order valence-corrected chi connectivity index (χ4v) is 1.85. The van der Waals surface area contributed by atoms with Crippen molar-refractivity contribution in [2.75, 3.05) is 24.3 Å². The summed E-state index contributed by atoms with van der Waals surface area (Å²) in [6.45, 7) is 0.687. The van der Waals surface area contributed by atoms with E-state index >= 15 is 0 Å². The molecule has 0 bridgehead atoms. The minimum atomic E-state index is 0.687. The second-order valence-corrected chi connectivity index (χ2v) is 4.78. The first-order valence-electron chi connectivity index (χ1n) is 5.40. The van der Waals surface area contributed by atoms with E-state index in [1.165, 1.54) is 5.69 Å². The van der Waals surface area contributed by atoms with Crippen LogP contribution >= 0.6 is 15.9 Å². The first-order valence-corrected chi connectivity index (χ1v) is 6.20. The molecular weight excluding hydrogens is 280 g/mol. The fourth-order valence-electron chi connectivity index (χ4n) is 1.51. The first kappa shape index (κ1) is 12.0. The number of benzene rings is 1. The average molecular weight is 295 g/mol. The molecule has 1 aromatic carbocycles. The van der Waals surface area contributed by atoms with E-state index in [9.17, 15) is 0 Å². The van der Waals surface area contributed by atoms with E-state index in [4.69, 9.17) is 4.42 Å². The molecule has 2 rings (SSSR count). The molecule has 3 nitrogen and oxygen atoms in total. The Morgan fingerprint density at radius 1 is 1.12 bits per heavy atom. The topological polar surface area (TPSA) is 28.4 Å². The second kappa shape index (κ2) is 5.27. The first-order chi connectivity index (χ1) is 8.15. The molecule has 0 spiro atoms. The predicted octanol–water partition coefficient (Wildman–Crippen LogP) is 3.72. The van der Waals surface area contributed by atoms with Crippen molar-refractivity contribution in [1.29, 1.82) is 0 Å². The van der Waals surface area contributed by atoms with Crippen LogP contribution in [0.5, 0.6) is 0 Å². The van der Waals surface area contributed by atoms with Crippen LogP contribution in [0.25, 0.3) is 0 Å². The summed E-state index contributed by atoms with van der Waals surface area (Å²) in [6, 6.07) is 12.1. The van der Waals surface area contributed by atoms with Gasteiger partial charge in [0.15, 0.2) is 4.67 Å². The van der Waals surface area contributed by atoms with E-state index in [1.54, 1.807) is 0 Å². The lowest BCUT2D eigenvalue weighted by Crippen LogP contribution is -2.08. The van der Waals surface area contributed by atoms with Gasteiger partial charge in [0.2, 0.25) is 0 Å². The van der Waals surface area contributed by atoms with Crippen molar-refractivity contribution in [3.8, 4) is 0 Å². The lowest BCUT2D eigenvalue weighted by molar-refractivity contribution is 0.495. The van der Waals surface area contributed by atoms with Gasteiger partial charge in [0, 0.05) is 25.5 Å². The number of halogens is 1. The van der Waals surface area contributed by atoms with Gasteiger partial charge in [-0.15, -0.1) is 0 Å². The molecule has 1 N–H and O–H groups in total. The van der Waals surface area contributed by atoms with Crippen LogP contribution in [0, 0.1) is 0 Å². The van der Waals surface area contributed by atoms with Crippen LogP contribution in [-0.4, -0.2) is 14.1 Å². The van der Waals surface area contributed by atoms with E-state index < -0.39 is 0 Å². The summed E-state index contributed by atoms with van der Waals surface area (Å²) < 4.78 is 6.17. The van der Waals surface area contributed by atoms with Crippen LogP contribution in [0.15, 0.2) is 45.5 Å². The van der Waals surface area contributed by atoms with Crippen LogP contribution in [-0.2, 0) is 6.54 Å². The Morgan fingerprint density at radius 3 is 2.35 bits per heavy atom. The van der Waals surface area contributed by atoms with Gasteiger partial charge in [-0.2, -0.15) is 0 Å². The highest BCUT2D eigenvalue weighted by molar-refractivity contribution is 9.10. The van der Waals surface area contributed by atoms with Gasteiger partial charge in [0.1, 0.15) is 5.76 Å². The standard InChI is InChI=1S/C13H15BrN2O/c1-16(2)11-5-3-10(4-6-11)15-9-12-7-8-13(14)17-12/h3-8,15H,9H2,1-2H3. The molecule has 0 aliphatic carbocycles. The summed E-state index contributed by atoms with van der Waals surface area (Å²) in [7, 11) is 4.06. The van der Waals surface area contributed by atoms with Crippen LogP contribution in [0.2, 0.25) is 0 Å². The zero-order chi connectivity index (χ0) is 12.3. The largest absolute Gasteiger partial charge is 0.452 e. The maximum atomic E-state index is 5.41. The molecule has 2 aromatic rings. The van der Waals surface area contributed by atoms with Gasteiger partial charge in [-0.3, -0.25) is 0 Å². The number of furan rings is 1. The minimum Gasteiger partial charge on any atom is -0.452 e. The number of anilines is 2. The number of nitrogens with zero attached hydrogens (tertiary/aromatic N) is 1. The van der Waals surface area contributed by atoms with Gasteiger partial charge in [-0.1, -0.05) is 0 Å². The molecule has 0 saturated heterocycles. The molecule has 1 heterocycles. The summed E-state index contributed by atoms with van der Waals surface area (Å²) in [5.41, 5.74) is 2.28. The van der Waals surface area contributed by atoms with Crippen LogP contribution < -0.4 is 10.2 Å². The molecule has 17 heavy (non-hydrogen) atoms. The van der Waals surface area contributed by atoms with Crippen LogP contribution in [0.3, 0.4) is 0 Å².